The van der Waals surface area contributed by atoms with Gasteiger partial charge in [0.05, 0.1) is 0 Å². The molecule has 0 bridgehead atoms. The number of amidine groups is 1. The van der Waals surface area contributed by atoms with Crippen molar-refractivity contribution in [1.82, 2.24) is 0 Å². The van der Waals surface area contributed by atoms with Crippen LogP contribution in [-0.2, 0) is 9.59 Å². The molecule has 1 rings (SSSR count). The number of carboxylic acid groups (broad SMARTS) is 2. The van der Waals surface area contributed by atoms with Gasteiger partial charge in [-0.1, -0.05) is 30.3 Å². The first-order valence-corrected chi connectivity index (χ1v) is 4.55. The SMILES string of the molecule is CC(=O)O.CC(=O)O.N=C(N)c1ccccc1. The van der Waals surface area contributed by atoms with Crippen molar-refractivity contribution in [1.29, 1.82) is 5.41 Å². The molecule has 0 saturated heterocycles. The molecule has 0 saturated carbocycles. The van der Waals surface area contributed by atoms with Crippen molar-refractivity contribution < 1.29 is 19.8 Å². The van der Waals surface area contributed by atoms with Gasteiger partial charge in [0.2, 0.25) is 0 Å². The molecular formula is C11H16N2O4. The molecule has 0 spiro atoms. The fourth-order valence-electron chi connectivity index (χ4n) is 0.618. The molecule has 0 aromatic heterocycles. The zero-order valence-corrected chi connectivity index (χ0v) is 9.68. The number of carbonyl (C=O) groups is 2. The van der Waals surface area contributed by atoms with E-state index in [4.69, 9.17) is 30.9 Å². The van der Waals surface area contributed by atoms with Crippen molar-refractivity contribution in [2.45, 2.75) is 13.8 Å². The molecule has 0 heterocycles. The minimum atomic E-state index is -0.833. The zero-order valence-electron chi connectivity index (χ0n) is 9.68. The molecule has 1 aromatic rings. The largest absolute Gasteiger partial charge is 0.481 e. The van der Waals surface area contributed by atoms with Crippen LogP contribution in [0.25, 0.3) is 0 Å². The smallest absolute Gasteiger partial charge is 0.300 e. The maximum absolute atomic E-state index is 9.00. The molecule has 0 aliphatic heterocycles. The van der Waals surface area contributed by atoms with Crippen molar-refractivity contribution in [2.24, 2.45) is 5.73 Å². The number of hydrogen-bond acceptors (Lipinski definition) is 3. The topological polar surface area (TPSA) is 124 Å². The summed E-state index contributed by atoms with van der Waals surface area (Å²) in [5.41, 5.74) is 5.97. The number of carboxylic acids is 2. The zero-order chi connectivity index (χ0) is 13.8. The Morgan fingerprint density at radius 1 is 1.06 bits per heavy atom. The molecule has 0 fully saturated rings. The third-order valence-electron chi connectivity index (χ3n) is 1.08. The lowest BCUT2D eigenvalue weighted by atomic mass is 10.2. The summed E-state index contributed by atoms with van der Waals surface area (Å²) in [6, 6.07) is 9.23. The lowest BCUT2D eigenvalue weighted by Crippen LogP contribution is -2.10. The Morgan fingerprint density at radius 3 is 1.53 bits per heavy atom. The number of nitrogens with two attached hydrogens (primary N) is 1. The molecule has 6 heteroatoms. The van der Waals surface area contributed by atoms with Gasteiger partial charge in [-0.3, -0.25) is 15.0 Å². The quantitative estimate of drug-likeness (QED) is 0.433. The second-order valence-electron chi connectivity index (χ2n) is 2.82. The van der Waals surface area contributed by atoms with Crippen LogP contribution in [0.4, 0.5) is 0 Å². The highest BCUT2D eigenvalue weighted by molar-refractivity contribution is 5.94. The molecule has 0 amide bonds. The van der Waals surface area contributed by atoms with Crippen molar-refractivity contribution in [3.05, 3.63) is 35.9 Å². The van der Waals surface area contributed by atoms with E-state index in [0.717, 1.165) is 19.4 Å². The number of benzene rings is 1. The van der Waals surface area contributed by atoms with Crippen molar-refractivity contribution >= 4 is 17.8 Å². The van der Waals surface area contributed by atoms with E-state index in [1.165, 1.54) is 0 Å². The van der Waals surface area contributed by atoms with Crippen molar-refractivity contribution in [2.75, 3.05) is 0 Å². The summed E-state index contributed by atoms with van der Waals surface area (Å²) < 4.78 is 0. The molecule has 0 unspecified atom stereocenters. The molecule has 1 aromatic carbocycles. The molecule has 0 atom stereocenters. The average Bonchev–Trinajstić information content (AvgIpc) is 2.17. The van der Waals surface area contributed by atoms with Crippen LogP contribution in [0.5, 0.6) is 0 Å². The van der Waals surface area contributed by atoms with Gasteiger partial charge in [-0.25, -0.2) is 0 Å². The van der Waals surface area contributed by atoms with Gasteiger partial charge in [0.1, 0.15) is 5.84 Å². The summed E-state index contributed by atoms with van der Waals surface area (Å²) in [5.74, 6) is -1.55. The summed E-state index contributed by atoms with van der Waals surface area (Å²) >= 11 is 0. The van der Waals surface area contributed by atoms with Gasteiger partial charge in [0.15, 0.2) is 0 Å². The molecule has 6 nitrogen and oxygen atoms in total. The maximum Gasteiger partial charge on any atom is 0.300 e. The lowest BCUT2D eigenvalue weighted by molar-refractivity contribution is -0.135. The van der Waals surface area contributed by atoms with Gasteiger partial charge in [-0.15, -0.1) is 0 Å². The Labute approximate surface area is 99.2 Å². The average molecular weight is 240 g/mol. The van der Waals surface area contributed by atoms with Crippen molar-refractivity contribution in [3.8, 4) is 0 Å². The van der Waals surface area contributed by atoms with Gasteiger partial charge in [-0.05, 0) is 0 Å². The molecule has 17 heavy (non-hydrogen) atoms. The standard InChI is InChI=1S/C7H8N2.2C2H4O2/c8-7(9)6-4-2-1-3-5-6;2*1-2(3)4/h1-5H,(H3,8,9);2*1H3,(H,3,4). The van der Waals surface area contributed by atoms with E-state index in [-0.39, 0.29) is 5.84 Å². The number of rotatable bonds is 1. The predicted molar refractivity (Wildman–Crippen MR) is 64.1 cm³/mol. The Bertz CT molecular complexity index is 343. The van der Waals surface area contributed by atoms with Crippen LogP contribution in [0, 0.1) is 5.41 Å². The maximum atomic E-state index is 9.00. The highest BCUT2D eigenvalue weighted by atomic mass is 16.4. The Morgan fingerprint density at radius 2 is 1.35 bits per heavy atom. The van der Waals surface area contributed by atoms with Crippen LogP contribution in [-0.4, -0.2) is 28.0 Å². The van der Waals surface area contributed by atoms with E-state index in [1.807, 2.05) is 30.3 Å². The van der Waals surface area contributed by atoms with Gasteiger partial charge in [0, 0.05) is 19.4 Å². The van der Waals surface area contributed by atoms with Gasteiger partial charge in [-0.2, -0.15) is 0 Å². The highest BCUT2D eigenvalue weighted by Gasteiger charge is 1.89. The van der Waals surface area contributed by atoms with Gasteiger partial charge >= 0.3 is 0 Å². The fraction of sp³-hybridized carbons (Fsp3) is 0.182. The van der Waals surface area contributed by atoms with Gasteiger partial charge < -0.3 is 15.9 Å². The molecule has 94 valence electrons. The summed E-state index contributed by atoms with van der Waals surface area (Å²) in [6.45, 7) is 2.17. The minimum absolute atomic E-state index is 0.121. The van der Waals surface area contributed by atoms with Crippen molar-refractivity contribution in [3.63, 3.8) is 0 Å². The third-order valence-corrected chi connectivity index (χ3v) is 1.08. The fourth-order valence-corrected chi connectivity index (χ4v) is 0.618. The van der Waals surface area contributed by atoms with E-state index in [0.29, 0.717) is 0 Å². The second-order valence-corrected chi connectivity index (χ2v) is 2.82. The Hall–Kier alpha value is -2.37. The van der Waals surface area contributed by atoms with E-state index in [2.05, 4.69) is 0 Å². The second kappa shape index (κ2) is 10.2. The van der Waals surface area contributed by atoms with Crippen LogP contribution >= 0.6 is 0 Å². The third kappa shape index (κ3) is 19.9. The minimum Gasteiger partial charge on any atom is -0.481 e. The Balaban J connectivity index is 0. The normalized spacial score (nSPS) is 7.65. The number of hydrogen-bond donors (Lipinski definition) is 4. The molecular weight excluding hydrogens is 224 g/mol. The number of nitrogen functional groups attached to an aromatic ring is 1. The summed E-state index contributed by atoms with van der Waals surface area (Å²) in [6.07, 6.45) is 0. The van der Waals surface area contributed by atoms with Crippen LogP contribution < -0.4 is 5.73 Å². The summed E-state index contributed by atoms with van der Waals surface area (Å²) in [7, 11) is 0. The Kier molecular flexibility index (Phi) is 10.2. The lowest BCUT2D eigenvalue weighted by Gasteiger charge is -1.93. The molecule has 0 aliphatic carbocycles. The van der Waals surface area contributed by atoms with Crippen LogP contribution in [0.3, 0.4) is 0 Å². The van der Waals surface area contributed by atoms with Crippen LogP contribution in [0.1, 0.15) is 19.4 Å². The summed E-state index contributed by atoms with van der Waals surface area (Å²) in [4.78, 5) is 18.0. The van der Waals surface area contributed by atoms with E-state index in [9.17, 15) is 0 Å². The summed E-state index contributed by atoms with van der Waals surface area (Å²) in [5, 5.41) is 21.8. The van der Waals surface area contributed by atoms with E-state index in [1.54, 1.807) is 0 Å². The van der Waals surface area contributed by atoms with Crippen LogP contribution in [0.2, 0.25) is 0 Å². The number of aliphatic carboxylic acids is 2. The molecule has 0 aliphatic rings. The first-order valence-electron chi connectivity index (χ1n) is 4.55. The van der Waals surface area contributed by atoms with Gasteiger partial charge in [0.25, 0.3) is 11.9 Å². The first-order chi connectivity index (χ1) is 7.77. The highest BCUT2D eigenvalue weighted by Crippen LogP contribution is 1.94. The predicted octanol–water partition coefficient (Wildman–Crippen LogP) is 1.15. The van der Waals surface area contributed by atoms with E-state index >= 15 is 0 Å². The molecule has 0 radical (unpaired) electrons. The van der Waals surface area contributed by atoms with Crippen LogP contribution in [0.15, 0.2) is 30.3 Å². The monoisotopic (exact) mass is 240 g/mol. The first kappa shape index (κ1) is 17.0. The van der Waals surface area contributed by atoms with E-state index < -0.39 is 11.9 Å². The molecule has 5 N–H and O–H groups in total. The number of nitrogens with one attached hydrogen (secondary N) is 1.